The van der Waals surface area contributed by atoms with Crippen LogP contribution in [0.1, 0.15) is 49.9 Å². The van der Waals surface area contributed by atoms with Crippen LogP contribution < -0.4 is 5.32 Å². The first kappa shape index (κ1) is 15.8. The second-order valence-corrected chi connectivity index (χ2v) is 9.49. The average Bonchev–Trinajstić information content (AvgIpc) is 3.06. The van der Waals surface area contributed by atoms with Crippen LogP contribution in [-0.4, -0.2) is 34.7 Å². The smallest absolute Gasteiger partial charge is 0.107 e. The van der Waals surface area contributed by atoms with Gasteiger partial charge in [-0.1, -0.05) is 20.8 Å². The number of thiazole rings is 1. The van der Waals surface area contributed by atoms with Gasteiger partial charge in [-0.2, -0.15) is 11.8 Å². The first-order chi connectivity index (χ1) is 9.97. The lowest BCUT2D eigenvalue weighted by atomic mass is 9.90. The Labute approximate surface area is 136 Å². The van der Waals surface area contributed by atoms with E-state index in [0.29, 0.717) is 6.04 Å². The fourth-order valence-corrected chi connectivity index (χ4v) is 5.34. The van der Waals surface area contributed by atoms with Gasteiger partial charge in [0.15, 0.2) is 0 Å². The van der Waals surface area contributed by atoms with E-state index in [4.69, 9.17) is 4.74 Å². The lowest BCUT2D eigenvalue weighted by Crippen LogP contribution is -2.47. The Morgan fingerprint density at radius 2 is 2.33 bits per heavy atom. The van der Waals surface area contributed by atoms with Crippen molar-refractivity contribution in [3.05, 3.63) is 16.1 Å². The van der Waals surface area contributed by atoms with Crippen molar-refractivity contribution in [2.45, 2.75) is 63.6 Å². The molecular weight excluding hydrogens is 300 g/mol. The van der Waals surface area contributed by atoms with Crippen LogP contribution in [0.3, 0.4) is 0 Å². The number of hydrogen-bond acceptors (Lipinski definition) is 5. The van der Waals surface area contributed by atoms with E-state index < -0.39 is 0 Å². The van der Waals surface area contributed by atoms with Gasteiger partial charge in [0, 0.05) is 36.0 Å². The molecule has 0 aliphatic carbocycles. The lowest BCUT2D eigenvalue weighted by molar-refractivity contribution is -0.0703. The summed E-state index contributed by atoms with van der Waals surface area (Å²) in [6.07, 6.45) is 5.56. The number of nitrogens with zero attached hydrogens (tertiary/aromatic N) is 1. The highest BCUT2D eigenvalue weighted by atomic mass is 32.2. The fraction of sp³-hybridized carbons (Fsp3) is 0.812. The molecule has 0 bridgehead atoms. The number of hydrogen-bond donors (Lipinski definition) is 1. The van der Waals surface area contributed by atoms with E-state index in [9.17, 15) is 0 Å². The molecule has 0 saturated carbocycles. The highest BCUT2D eigenvalue weighted by Gasteiger charge is 2.40. The Hall–Kier alpha value is -0.100. The minimum atomic E-state index is 0.167. The molecule has 3 nitrogen and oxygen atoms in total. The Bertz CT molecular complexity index is 475. The quantitative estimate of drug-likeness (QED) is 0.920. The summed E-state index contributed by atoms with van der Waals surface area (Å²) in [5, 5.41) is 4.92. The van der Waals surface area contributed by atoms with E-state index in [1.807, 2.05) is 29.3 Å². The predicted molar refractivity (Wildman–Crippen MR) is 91.3 cm³/mol. The maximum atomic E-state index is 6.08. The molecular formula is C16H26N2OS2. The number of rotatable bonds is 3. The summed E-state index contributed by atoms with van der Waals surface area (Å²) in [4.78, 5) is 5.95. The van der Waals surface area contributed by atoms with Gasteiger partial charge < -0.3 is 10.1 Å². The second kappa shape index (κ2) is 6.19. The molecule has 3 rings (SSSR count). The van der Waals surface area contributed by atoms with E-state index in [1.54, 1.807) is 0 Å². The second-order valence-electron chi connectivity index (χ2n) is 7.27. The standard InChI is InChI=1S/C16H26N2OS2/c1-15(2,3)13-9-18-14(21-13)10-17-12-4-6-19-16(8-12)5-7-20-11-16/h9,12,17H,4-8,10-11H2,1-3H3/t12-,16+/m0/s1. The van der Waals surface area contributed by atoms with Crippen LogP contribution in [0.25, 0.3) is 0 Å². The van der Waals surface area contributed by atoms with Crippen molar-refractivity contribution < 1.29 is 4.74 Å². The lowest BCUT2D eigenvalue weighted by Gasteiger charge is -2.38. The maximum Gasteiger partial charge on any atom is 0.107 e. The summed E-state index contributed by atoms with van der Waals surface area (Å²) in [6, 6.07) is 0.583. The molecule has 2 aliphatic heterocycles. The van der Waals surface area contributed by atoms with E-state index in [2.05, 4.69) is 31.1 Å². The molecule has 1 N–H and O–H groups in total. The Kier molecular flexibility index (Phi) is 4.65. The Morgan fingerprint density at radius 1 is 1.48 bits per heavy atom. The van der Waals surface area contributed by atoms with Gasteiger partial charge in [0.25, 0.3) is 0 Å². The van der Waals surface area contributed by atoms with Gasteiger partial charge in [0.1, 0.15) is 5.01 Å². The Balaban J connectivity index is 1.54. The van der Waals surface area contributed by atoms with Crippen LogP contribution in [0.5, 0.6) is 0 Å². The largest absolute Gasteiger partial charge is 0.374 e. The minimum Gasteiger partial charge on any atom is -0.374 e. The third kappa shape index (κ3) is 3.81. The number of ether oxygens (including phenoxy) is 1. The number of thioether (sulfide) groups is 1. The topological polar surface area (TPSA) is 34.2 Å². The summed E-state index contributed by atoms with van der Waals surface area (Å²) < 4.78 is 6.08. The molecule has 2 fully saturated rings. The van der Waals surface area contributed by atoms with Crippen LogP contribution in [0, 0.1) is 0 Å². The van der Waals surface area contributed by atoms with Crippen LogP contribution >= 0.6 is 23.1 Å². The number of nitrogens with one attached hydrogen (secondary N) is 1. The normalized spacial score (nSPS) is 30.1. The molecule has 21 heavy (non-hydrogen) atoms. The van der Waals surface area contributed by atoms with E-state index in [0.717, 1.165) is 26.0 Å². The molecule has 0 unspecified atom stereocenters. The van der Waals surface area contributed by atoms with Crippen LogP contribution in [0.2, 0.25) is 0 Å². The van der Waals surface area contributed by atoms with Crippen molar-refractivity contribution in [2.24, 2.45) is 0 Å². The fourth-order valence-electron chi connectivity index (χ4n) is 3.04. The SMILES string of the molecule is CC(C)(C)c1cnc(CN[C@H]2CCO[C@]3(CCSC3)C2)s1. The first-order valence-corrected chi connectivity index (χ1v) is 9.84. The highest BCUT2D eigenvalue weighted by molar-refractivity contribution is 7.99. The van der Waals surface area contributed by atoms with Crippen molar-refractivity contribution in [1.82, 2.24) is 10.3 Å². The van der Waals surface area contributed by atoms with Crippen LogP contribution in [0.15, 0.2) is 6.20 Å². The van der Waals surface area contributed by atoms with Crippen LogP contribution in [-0.2, 0) is 16.7 Å². The third-order valence-electron chi connectivity index (χ3n) is 4.39. The molecule has 1 spiro atoms. The molecule has 2 atom stereocenters. The molecule has 3 heterocycles. The van der Waals surface area contributed by atoms with Gasteiger partial charge in [0.05, 0.1) is 5.60 Å². The predicted octanol–water partition coefficient (Wildman–Crippen LogP) is 3.58. The summed E-state index contributed by atoms with van der Waals surface area (Å²) in [5.74, 6) is 2.44. The zero-order valence-corrected chi connectivity index (χ0v) is 14.9. The Morgan fingerprint density at radius 3 is 3.00 bits per heavy atom. The molecule has 0 aromatic carbocycles. The zero-order chi connectivity index (χ0) is 14.9. The number of aromatic nitrogens is 1. The average molecular weight is 327 g/mol. The minimum absolute atomic E-state index is 0.167. The summed E-state index contributed by atoms with van der Waals surface area (Å²) in [6.45, 7) is 8.55. The van der Waals surface area contributed by atoms with Gasteiger partial charge in [-0.15, -0.1) is 11.3 Å². The molecule has 2 aliphatic rings. The first-order valence-electron chi connectivity index (χ1n) is 7.87. The van der Waals surface area contributed by atoms with Crippen molar-refractivity contribution >= 4 is 23.1 Å². The summed E-state index contributed by atoms with van der Waals surface area (Å²) in [7, 11) is 0. The molecule has 0 radical (unpaired) electrons. The zero-order valence-electron chi connectivity index (χ0n) is 13.3. The van der Waals surface area contributed by atoms with Gasteiger partial charge in [-0.05, 0) is 30.4 Å². The van der Waals surface area contributed by atoms with Gasteiger partial charge in [0.2, 0.25) is 0 Å². The monoisotopic (exact) mass is 326 g/mol. The molecule has 2 saturated heterocycles. The highest BCUT2D eigenvalue weighted by Crippen LogP contribution is 2.38. The molecule has 118 valence electrons. The van der Waals surface area contributed by atoms with Gasteiger partial charge in [-0.25, -0.2) is 4.98 Å². The van der Waals surface area contributed by atoms with Crippen molar-refractivity contribution in [1.29, 1.82) is 0 Å². The maximum absolute atomic E-state index is 6.08. The van der Waals surface area contributed by atoms with E-state index in [1.165, 1.54) is 27.8 Å². The molecule has 5 heteroatoms. The van der Waals surface area contributed by atoms with Crippen molar-refractivity contribution in [3.8, 4) is 0 Å². The summed E-state index contributed by atoms with van der Waals surface area (Å²) in [5.41, 5.74) is 0.375. The van der Waals surface area contributed by atoms with E-state index in [-0.39, 0.29) is 11.0 Å². The third-order valence-corrected chi connectivity index (χ3v) is 7.04. The van der Waals surface area contributed by atoms with Crippen LogP contribution in [0.4, 0.5) is 0 Å². The molecule has 1 aromatic rings. The van der Waals surface area contributed by atoms with Gasteiger partial charge in [-0.3, -0.25) is 0 Å². The van der Waals surface area contributed by atoms with Crippen molar-refractivity contribution in [3.63, 3.8) is 0 Å². The molecule has 1 aromatic heterocycles. The van der Waals surface area contributed by atoms with Crippen molar-refractivity contribution in [2.75, 3.05) is 18.1 Å². The van der Waals surface area contributed by atoms with E-state index >= 15 is 0 Å². The molecule has 0 amide bonds. The summed E-state index contributed by atoms with van der Waals surface area (Å²) >= 11 is 3.88. The van der Waals surface area contributed by atoms with Gasteiger partial charge >= 0.3 is 0 Å².